The lowest BCUT2D eigenvalue weighted by atomic mass is 10.1. The lowest BCUT2D eigenvalue weighted by Gasteiger charge is -2.28. The van der Waals surface area contributed by atoms with Gasteiger partial charge in [0.2, 0.25) is 6.41 Å². The lowest BCUT2D eigenvalue weighted by molar-refractivity contribution is -0.213. The maximum Gasteiger partial charge on any atom is 0.244 e. The van der Waals surface area contributed by atoms with E-state index in [9.17, 15) is 5.11 Å². The van der Waals surface area contributed by atoms with Gasteiger partial charge in [0, 0.05) is 5.56 Å². The molecule has 1 unspecified atom stereocenters. The minimum absolute atomic E-state index is 0.418. The summed E-state index contributed by atoms with van der Waals surface area (Å²) in [5, 5.41) is 10.7. The number of fused-ring (bicyclic) bond motifs is 1. The highest BCUT2D eigenvalue weighted by molar-refractivity contribution is 5.80. The van der Waals surface area contributed by atoms with E-state index in [4.69, 9.17) is 4.74 Å². The first kappa shape index (κ1) is 15.7. The fraction of sp³-hybridized carbons (Fsp3) is 0.316. The number of aliphatic hydroxyl groups is 1. The van der Waals surface area contributed by atoms with Crippen molar-refractivity contribution in [2.24, 2.45) is 0 Å². The number of ether oxygens (including phenoxy) is 1. The van der Waals surface area contributed by atoms with Crippen molar-refractivity contribution in [2.45, 2.75) is 39.2 Å². The summed E-state index contributed by atoms with van der Waals surface area (Å²) < 4.78 is 7.63. The van der Waals surface area contributed by atoms with E-state index in [-0.39, 0.29) is 0 Å². The standard InChI is InChI=1S/C19H22N2O2/c1-4-19(2,3)23-18(22)21-16-13-9-8-12-15(16)20-17(21)14-10-6-5-7-11-14/h5-13,18,22H,4H2,1-3H3. The van der Waals surface area contributed by atoms with Gasteiger partial charge in [-0.1, -0.05) is 49.4 Å². The SMILES string of the molecule is CCC(C)(C)OC(O)n1c(-c2ccccc2)nc2ccccc21. The normalized spacial score (nSPS) is 13.4. The second kappa shape index (κ2) is 6.14. The molecule has 0 aliphatic carbocycles. The fourth-order valence-electron chi connectivity index (χ4n) is 2.48. The molecule has 0 fully saturated rings. The molecule has 0 radical (unpaired) electrons. The number of hydrogen-bond donors (Lipinski definition) is 1. The average molecular weight is 310 g/mol. The Morgan fingerprint density at radius 3 is 2.43 bits per heavy atom. The van der Waals surface area contributed by atoms with Crippen molar-refractivity contribution in [1.29, 1.82) is 0 Å². The van der Waals surface area contributed by atoms with E-state index in [0.29, 0.717) is 5.82 Å². The third-order valence-electron chi connectivity index (χ3n) is 4.12. The highest BCUT2D eigenvalue weighted by atomic mass is 16.6. The zero-order chi connectivity index (χ0) is 16.4. The summed E-state index contributed by atoms with van der Waals surface area (Å²) in [5.74, 6) is 0.700. The van der Waals surface area contributed by atoms with Crippen LogP contribution < -0.4 is 0 Å². The molecule has 0 saturated carbocycles. The number of para-hydroxylation sites is 2. The molecular weight excluding hydrogens is 288 g/mol. The number of rotatable bonds is 5. The van der Waals surface area contributed by atoms with Gasteiger partial charge in [-0.25, -0.2) is 4.98 Å². The van der Waals surface area contributed by atoms with E-state index in [0.717, 1.165) is 23.0 Å². The van der Waals surface area contributed by atoms with Gasteiger partial charge >= 0.3 is 0 Å². The zero-order valence-corrected chi connectivity index (χ0v) is 13.7. The number of nitrogens with zero attached hydrogens (tertiary/aromatic N) is 2. The Morgan fingerprint density at radius 2 is 1.74 bits per heavy atom. The van der Waals surface area contributed by atoms with Gasteiger partial charge in [-0.15, -0.1) is 0 Å². The van der Waals surface area contributed by atoms with Crippen LogP contribution in [0.3, 0.4) is 0 Å². The maximum atomic E-state index is 10.7. The molecule has 3 aromatic rings. The van der Waals surface area contributed by atoms with Crippen LogP contribution in [0, 0.1) is 0 Å². The van der Waals surface area contributed by atoms with E-state index < -0.39 is 12.0 Å². The molecule has 23 heavy (non-hydrogen) atoms. The summed E-state index contributed by atoms with van der Waals surface area (Å²) in [6.45, 7) is 5.98. The Labute approximate surface area is 136 Å². The quantitative estimate of drug-likeness (QED) is 0.712. The summed E-state index contributed by atoms with van der Waals surface area (Å²) in [5.41, 5.74) is 2.22. The highest BCUT2D eigenvalue weighted by Crippen LogP contribution is 2.30. The third-order valence-corrected chi connectivity index (χ3v) is 4.12. The van der Waals surface area contributed by atoms with Crippen LogP contribution in [-0.2, 0) is 4.74 Å². The largest absolute Gasteiger partial charge is 0.351 e. The maximum absolute atomic E-state index is 10.7. The molecule has 1 atom stereocenters. The molecule has 0 amide bonds. The number of benzene rings is 2. The molecule has 0 saturated heterocycles. The zero-order valence-electron chi connectivity index (χ0n) is 13.7. The predicted octanol–water partition coefficient (Wildman–Crippen LogP) is 4.36. The lowest BCUT2D eigenvalue weighted by Crippen LogP contribution is -2.28. The Bertz CT molecular complexity index is 793. The fourth-order valence-corrected chi connectivity index (χ4v) is 2.48. The Morgan fingerprint density at radius 1 is 1.09 bits per heavy atom. The number of aromatic nitrogens is 2. The molecule has 3 rings (SSSR count). The van der Waals surface area contributed by atoms with E-state index in [2.05, 4.69) is 4.98 Å². The second-order valence-electron chi connectivity index (χ2n) is 6.22. The second-order valence-corrected chi connectivity index (χ2v) is 6.22. The van der Waals surface area contributed by atoms with Gasteiger partial charge in [0.15, 0.2) is 0 Å². The van der Waals surface area contributed by atoms with Crippen LogP contribution >= 0.6 is 0 Å². The Balaban J connectivity index is 2.14. The summed E-state index contributed by atoms with van der Waals surface area (Å²) >= 11 is 0. The first-order chi connectivity index (χ1) is 11.0. The Hall–Kier alpha value is -2.17. The van der Waals surface area contributed by atoms with Gasteiger partial charge in [0.25, 0.3) is 0 Å². The summed E-state index contributed by atoms with van der Waals surface area (Å²) in [6, 6.07) is 17.6. The van der Waals surface area contributed by atoms with E-state index in [1.165, 1.54) is 0 Å². The van der Waals surface area contributed by atoms with Gasteiger partial charge in [-0.3, -0.25) is 4.57 Å². The van der Waals surface area contributed by atoms with Crippen molar-refractivity contribution >= 4 is 11.0 Å². The predicted molar refractivity (Wildman–Crippen MR) is 91.9 cm³/mol. The third kappa shape index (κ3) is 3.14. The van der Waals surface area contributed by atoms with Crippen molar-refractivity contribution in [1.82, 2.24) is 9.55 Å². The summed E-state index contributed by atoms with van der Waals surface area (Å²) in [6.07, 6.45) is -0.287. The summed E-state index contributed by atoms with van der Waals surface area (Å²) in [7, 11) is 0. The smallest absolute Gasteiger partial charge is 0.244 e. The van der Waals surface area contributed by atoms with Gasteiger partial charge in [0.05, 0.1) is 16.6 Å². The number of aliphatic hydroxyl groups excluding tert-OH is 1. The van der Waals surface area contributed by atoms with Crippen molar-refractivity contribution in [3.8, 4) is 11.4 Å². The monoisotopic (exact) mass is 310 g/mol. The molecule has 0 bridgehead atoms. The topological polar surface area (TPSA) is 47.3 Å². The van der Waals surface area contributed by atoms with Crippen molar-refractivity contribution in [2.75, 3.05) is 0 Å². The van der Waals surface area contributed by atoms with Crippen LogP contribution in [0.2, 0.25) is 0 Å². The van der Waals surface area contributed by atoms with Crippen LogP contribution in [-0.4, -0.2) is 20.3 Å². The molecule has 120 valence electrons. The summed E-state index contributed by atoms with van der Waals surface area (Å²) in [4.78, 5) is 4.68. The molecule has 1 aromatic heterocycles. The van der Waals surface area contributed by atoms with Gasteiger partial charge in [-0.2, -0.15) is 0 Å². The van der Waals surface area contributed by atoms with Crippen molar-refractivity contribution in [3.63, 3.8) is 0 Å². The van der Waals surface area contributed by atoms with E-state index >= 15 is 0 Å². The molecule has 4 heteroatoms. The van der Waals surface area contributed by atoms with Crippen LogP contribution in [0.15, 0.2) is 54.6 Å². The molecule has 1 heterocycles. The van der Waals surface area contributed by atoms with E-state index in [1.807, 2.05) is 75.4 Å². The molecule has 2 aromatic carbocycles. The van der Waals surface area contributed by atoms with Crippen molar-refractivity contribution < 1.29 is 9.84 Å². The number of imidazole rings is 1. The molecule has 1 N–H and O–H groups in total. The van der Waals surface area contributed by atoms with Gasteiger partial charge in [-0.05, 0) is 32.4 Å². The Kier molecular flexibility index (Phi) is 4.20. The van der Waals surface area contributed by atoms with Crippen LogP contribution in [0.4, 0.5) is 0 Å². The molecule has 0 aliphatic rings. The number of hydrogen-bond acceptors (Lipinski definition) is 3. The highest BCUT2D eigenvalue weighted by Gasteiger charge is 2.25. The first-order valence-corrected chi connectivity index (χ1v) is 7.90. The molecular formula is C19H22N2O2. The van der Waals surface area contributed by atoms with Crippen LogP contribution in [0.5, 0.6) is 0 Å². The minimum atomic E-state index is -1.09. The van der Waals surface area contributed by atoms with E-state index in [1.54, 1.807) is 4.57 Å². The first-order valence-electron chi connectivity index (χ1n) is 7.90. The van der Waals surface area contributed by atoms with Crippen LogP contribution in [0.25, 0.3) is 22.4 Å². The molecule has 0 spiro atoms. The molecule has 4 nitrogen and oxygen atoms in total. The van der Waals surface area contributed by atoms with Gasteiger partial charge < -0.3 is 9.84 Å². The van der Waals surface area contributed by atoms with Crippen LogP contribution in [0.1, 0.15) is 33.6 Å². The average Bonchev–Trinajstić information content (AvgIpc) is 2.95. The minimum Gasteiger partial charge on any atom is -0.351 e. The van der Waals surface area contributed by atoms with Gasteiger partial charge in [0.1, 0.15) is 5.82 Å². The van der Waals surface area contributed by atoms with Crippen molar-refractivity contribution in [3.05, 3.63) is 54.6 Å². The molecule has 0 aliphatic heterocycles.